The standard InChI is InChI=1S/C16H20ClFN6O/c17-7-1-2-16(25)23-10-8-22(9-11-23)12-15-19-20-21-24(15)14-5-3-13(18)4-6-14/h3-6H,1-2,7-12H2. The summed E-state index contributed by atoms with van der Waals surface area (Å²) in [4.78, 5) is 16.1. The fourth-order valence-electron chi connectivity index (χ4n) is 2.82. The second kappa shape index (κ2) is 8.35. The molecule has 2 aromatic rings. The number of halogens is 2. The first kappa shape index (κ1) is 17.8. The highest BCUT2D eigenvalue weighted by molar-refractivity contribution is 6.17. The molecule has 0 atom stereocenters. The Balaban J connectivity index is 1.57. The Labute approximate surface area is 150 Å². The highest BCUT2D eigenvalue weighted by Crippen LogP contribution is 2.12. The van der Waals surface area contributed by atoms with Crippen molar-refractivity contribution in [3.05, 3.63) is 35.9 Å². The summed E-state index contributed by atoms with van der Waals surface area (Å²) in [5.41, 5.74) is 0.719. The lowest BCUT2D eigenvalue weighted by Crippen LogP contribution is -2.48. The lowest BCUT2D eigenvalue weighted by Gasteiger charge is -2.34. The van der Waals surface area contributed by atoms with Crippen molar-refractivity contribution < 1.29 is 9.18 Å². The van der Waals surface area contributed by atoms with E-state index in [0.717, 1.165) is 18.8 Å². The average molecular weight is 367 g/mol. The minimum atomic E-state index is -0.298. The number of carbonyl (C=O) groups is 1. The summed E-state index contributed by atoms with van der Waals surface area (Å²) in [5, 5.41) is 11.8. The van der Waals surface area contributed by atoms with Crippen LogP contribution in [0.3, 0.4) is 0 Å². The summed E-state index contributed by atoms with van der Waals surface area (Å²) in [5.74, 6) is 1.07. The van der Waals surface area contributed by atoms with E-state index in [-0.39, 0.29) is 11.7 Å². The molecule has 0 radical (unpaired) electrons. The second-order valence-corrected chi connectivity index (χ2v) is 6.31. The van der Waals surface area contributed by atoms with Crippen LogP contribution < -0.4 is 0 Å². The van der Waals surface area contributed by atoms with Gasteiger partial charge in [-0.3, -0.25) is 9.69 Å². The van der Waals surface area contributed by atoms with Gasteiger partial charge in [0.05, 0.1) is 12.2 Å². The van der Waals surface area contributed by atoms with Gasteiger partial charge in [-0.25, -0.2) is 4.39 Å². The van der Waals surface area contributed by atoms with Gasteiger partial charge in [-0.05, 0) is 41.1 Å². The van der Waals surface area contributed by atoms with Gasteiger partial charge in [0.2, 0.25) is 5.91 Å². The number of nitrogens with zero attached hydrogens (tertiary/aromatic N) is 6. The Morgan fingerprint density at radius 2 is 1.88 bits per heavy atom. The maximum absolute atomic E-state index is 13.1. The van der Waals surface area contributed by atoms with Crippen molar-refractivity contribution in [1.82, 2.24) is 30.0 Å². The van der Waals surface area contributed by atoms with E-state index in [1.165, 1.54) is 12.1 Å². The SMILES string of the molecule is O=C(CCCCl)N1CCN(Cc2nnnn2-c2ccc(F)cc2)CC1. The monoisotopic (exact) mass is 366 g/mol. The first-order chi connectivity index (χ1) is 12.2. The van der Waals surface area contributed by atoms with Gasteiger partial charge in [-0.2, -0.15) is 4.68 Å². The molecule has 1 aromatic heterocycles. The molecule has 1 amide bonds. The Morgan fingerprint density at radius 1 is 1.16 bits per heavy atom. The summed E-state index contributed by atoms with van der Waals surface area (Å²) in [6.07, 6.45) is 1.22. The first-order valence-electron chi connectivity index (χ1n) is 8.26. The van der Waals surface area contributed by atoms with Gasteiger partial charge in [0, 0.05) is 38.5 Å². The number of benzene rings is 1. The number of piperazine rings is 1. The Kier molecular flexibility index (Phi) is 5.93. The molecule has 0 unspecified atom stereocenters. The molecule has 0 spiro atoms. The number of amides is 1. The molecule has 134 valence electrons. The van der Waals surface area contributed by atoms with Gasteiger partial charge in [0.15, 0.2) is 5.82 Å². The van der Waals surface area contributed by atoms with Crippen LogP contribution in [0.25, 0.3) is 5.69 Å². The third-order valence-corrected chi connectivity index (χ3v) is 4.49. The molecule has 1 saturated heterocycles. The van der Waals surface area contributed by atoms with Crippen LogP contribution in [0.15, 0.2) is 24.3 Å². The topological polar surface area (TPSA) is 67.2 Å². The molecule has 2 heterocycles. The third kappa shape index (κ3) is 4.52. The summed E-state index contributed by atoms with van der Waals surface area (Å²) >= 11 is 5.64. The molecule has 7 nitrogen and oxygen atoms in total. The van der Waals surface area contributed by atoms with Crippen LogP contribution in [0, 0.1) is 5.82 Å². The number of alkyl halides is 1. The molecule has 1 aromatic carbocycles. The Bertz CT molecular complexity index is 699. The quantitative estimate of drug-likeness (QED) is 0.724. The highest BCUT2D eigenvalue weighted by Gasteiger charge is 2.22. The fourth-order valence-corrected chi connectivity index (χ4v) is 2.95. The average Bonchev–Trinajstić information content (AvgIpc) is 3.09. The van der Waals surface area contributed by atoms with Crippen LogP contribution >= 0.6 is 11.6 Å². The van der Waals surface area contributed by atoms with Crippen molar-refractivity contribution in [2.24, 2.45) is 0 Å². The van der Waals surface area contributed by atoms with Crippen LogP contribution in [-0.4, -0.2) is 68.0 Å². The zero-order valence-corrected chi connectivity index (χ0v) is 14.6. The smallest absolute Gasteiger partial charge is 0.222 e. The number of rotatable bonds is 6. The molecule has 0 bridgehead atoms. The van der Waals surface area contributed by atoms with Crippen LogP contribution in [-0.2, 0) is 11.3 Å². The molecule has 1 aliphatic heterocycles. The summed E-state index contributed by atoms with van der Waals surface area (Å²) < 4.78 is 14.7. The molecule has 3 rings (SSSR count). The van der Waals surface area contributed by atoms with E-state index in [1.54, 1.807) is 16.8 Å². The van der Waals surface area contributed by atoms with Crippen molar-refractivity contribution in [1.29, 1.82) is 0 Å². The Morgan fingerprint density at radius 3 is 2.56 bits per heavy atom. The number of hydrogen-bond acceptors (Lipinski definition) is 5. The van der Waals surface area contributed by atoms with E-state index in [9.17, 15) is 9.18 Å². The van der Waals surface area contributed by atoms with Crippen molar-refractivity contribution >= 4 is 17.5 Å². The van der Waals surface area contributed by atoms with Crippen molar-refractivity contribution in [3.8, 4) is 5.69 Å². The lowest BCUT2D eigenvalue weighted by molar-refractivity contribution is -0.133. The van der Waals surface area contributed by atoms with Gasteiger partial charge in [0.1, 0.15) is 5.82 Å². The number of carbonyl (C=O) groups excluding carboxylic acids is 1. The molecule has 0 saturated carbocycles. The van der Waals surface area contributed by atoms with E-state index < -0.39 is 0 Å². The largest absolute Gasteiger partial charge is 0.340 e. The minimum absolute atomic E-state index is 0.163. The van der Waals surface area contributed by atoms with Crippen LogP contribution in [0.2, 0.25) is 0 Å². The molecular weight excluding hydrogens is 347 g/mol. The zero-order chi connectivity index (χ0) is 17.6. The van der Waals surface area contributed by atoms with E-state index in [4.69, 9.17) is 11.6 Å². The van der Waals surface area contributed by atoms with Crippen LogP contribution in [0.4, 0.5) is 4.39 Å². The predicted molar refractivity (Wildman–Crippen MR) is 90.9 cm³/mol. The van der Waals surface area contributed by atoms with E-state index in [0.29, 0.717) is 44.2 Å². The van der Waals surface area contributed by atoms with Crippen LogP contribution in [0.5, 0.6) is 0 Å². The highest BCUT2D eigenvalue weighted by atomic mass is 35.5. The summed E-state index contributed by atoms with van der Waals surface area (Å²) in [6, 6.07) is 6.05. The number of tetrazole rings is 1. The first-order valence-corrected chi connectivity index (χ1v) is 8.80. The molecule has 0 N–H and O–H groups in total. The van der Waals surface area contributed by atoms with Gasteiger partial charge >= 0.3 is 0 Å². The number of aromatic nitrogens is 4. The second-order valence-electron chi connectivity index (χ2n) is 5.93. The maximum atomic E-state index is 13.1. The summed E-state index contributed by atoms with van der Waals surface area (Å²) in [6.45, 7) is 3.50. The van der Waals surface area contributed by atoms with E-state index >= 15 is 0 Å². The molecule has 1 fully saturated rings. The van der Waals surface area contributed by atoms with Gasteiger partial charge in [0.25, 0.3) is 0 Å². The fraction of sp³-hybridized carbons (Fsp3) is 0.500. The third-order valence-electron chi connectivity index (χ3n) is 4.22. The van der Waals surface area contributed by atoms with Crippen molar-refractivity contribution in [2.75, 3.05) is 32.1 Å². The molecular formula is C16H20ClFN6O. The zero-order valence-electron chi connectivity index (χ0n) is 13.8. The summed E-state index contributed by atoms with van der Waals surface area (Å²) in [7, 11) is 0. The van der Waals surface area contributed by atoms with Crippen molar-refractivity contribution in [2.45, 2.75) is 19.4 Å². The normalized spacial score (nSPS) is 15.5. The minimum Gasteiger partial charge on any atom is -0.340 e. The molecule has 25 heavy (non-hydrogen) atoms. The molecule has 9 heteroatoms. The van der Waals surface area contributed by atoms with E-state index in [1.807, 2.05) is 4.90 Å². The molecule has 0 aliphatic carbocycles. The van der Waals surface area contributed by atoms with Crippen molar-refractivity contribution in [3.63, 3.8) is 0 Å². The van der Waals surface area contributed by atoms with Gasteiger partial charge in [-0.1, -0.05) is 0 Å². The number of hydrogen-bond donors (Lipinski definition) is 0. The van der Waals surface area contributed by atoms with E-state index in [2.05, 4.69) is 20.4 Å². The van der Waals surface area contributed by atoms with Crippen LogP contribution in [0.1, 0.15) is 18.7 Å². The maximum Gasteiger partial charge on any atom is 0.222 e. The van der Waals surface area contributed by atoms with Gasteiger partial charge < -0.3 is 4.90 Å². The lowest BCUT2D eigenvalue weighted by atomic mass is 10.2. The Hall–Kier alpha value is -2.06. The van der Waals surface area contributed by atoms with Gasteiger partial charge in [-0.15, -0.1) is 16.7 Å². The molecule has 1 aliphatic rings. The predicted octanol–water partition coefficient (Wildman–Crippen LogP) is 1.46.